The van der Waals surface area contributed by atoms with Crippen LogP contribution in [0.5, 0.6) is 0 Å². The Kier molecular flexibility index (Phi) is 4.86. The lowest BCUT2D eigenvalue weighted by atomic mass is 10.2. The molecule has 7 heteroatoms. The molecule has 0 aliphatic carbocycles. The molecule has 0 unspecified atom stereocenters. The monoisotopic (exact) mass is 411 g/mol. The molecule has 6 nitrogen and oxygen atoms in total. The number of nitrogens with one attached hydrogen (secondary N) is 1. The summed E-state index contributed by atoms with van der Waals surface area (Å²) in [5.41, 5.74) is 4.54. The standard InChI is InChI=1S/C23H17N5OS/c29-22-21(12-16-8-9-19-20(11-16)27-15-26-19)30-23(25-14-17-5-4-10-24-13-17)28(22)18-6-2-1-3-7-18/h1-13,15H,14H2,(H,26,27). The van der Waals surface area contributed by atoms with Crippen LogP contribution in [0.1, 0.15) is 11.1 Å². The summed E-state index contributed by atoms with van der Waals surface area (Å²) in [4.78, 5) is 31.8. The highest BCUT2D eigenvalue weighted by Crippen LogP contribution is 2.36. The first-order valence-electron chi connectivity index (χ1n) is 9.43. The van der Waals surface area contributed by atoms with Gasteiger partial charge in [0.1, 0.15) is 0 Å². The maximum absolute atomic E-state index is 13.3. The number of imidazole rings is 1. The van der Waals surface area contributed by atoms with Gasteiger partial charge in [-0.15, -0.1) is 0 Å². The van der Waals surface area contributed by atoms with Crippen molar-refractivity contribution in [2.45, 2.75) is 6.54 Å². The smallest absolute Gasteiger partial charge is 0.271 e. The second-order valence-electron chi connectivity index (χ2n) is 6.73. The number of aliphatic imine (C=N–C) groups is 1. The van der Waals surface area contributed by atoms with Crippen LogP contribution in [0.15, 0.2) is 89.3 Å². The normalized spacial score (nSPS) is 16.8. The van der Waals surface area contributed by atoms with Crippen molar-refractivity contribution < 1.29 is 4.79 Å². The Bertz CT molecular complexity index is 1260. The molecule has 2 aromatic carbocycles. The maximum Gasteiger partial charge on any atom is 0.271 e. The van der Waals surface area contributed by atoms with Crippen molar-refractivity contribution in [2.75, 3.05) is 4.90 Å². The largest absolute Gasteiger partial charge is 0.345 e. The molecule has 5 rings (SSSR count). The molecule has 0 radical (unpaired) electrons. The molecule has 30 heavy (non-hydrogen) atoms. The fourth-order valence-corrected chi connectivity index (χ4v) is 4.20. The number of hydrogen-bond acceptors (Lipinski definition) is 5. The van der Waals surface area contributed by atoms with Gasteiger partial charge in [0.15, 0.2) is 5.17 Å². The zero-order chi connectivity index (χ0) is 20.3. The van der Waals surface area contributed by atoms with Crippen molar-refractivity contribution in [1.29, 1.82) is 0 Å². The number of carbonyl (C=O) groups excluding carboxylic acids is 1. The van der Waals surface area contributed by atoms with E-state index < -0.39 is 0 Å². The molecular weight excluding hydrogens is 394 g/mol. The zero-order valence-electron chi connectivity index (χ0n) is 15.9. The van der Waals surface area contributed by atoms with Crippen LogP contribution in [-0.4, -0.2) is 26.0 Å². The highest BCUT2D eigenvalue weighted by Gasteiger charge is 2.34. The number of pyridine rings is 1. The first-order valence-corrected chi connectivity index (χ1v) is 10.3. The van der Waals surface area contributed by atoms with E-state index in [4.69, 9.17) is 4.99 Å². The molecular formula is C23H17N5OS. The molecule has 0 spiro atoms. The summed E-state index contributed by atoms with van der Waals surface area (Å²) in [5, 5.41) is 0.655. The molecule has 0 atom stereocenters. The van der Waals surface area contributed by atoms with E-state index >= 15 is 0 Å². The molecule has 1 aliphatic rings. The molecule has 0 bridgehead atoms. The summed E-state index contributed by atoms with van der Waals surface area (Å²) < 4.78 is 0. The summed E-state index contributed by atoms with van der Waals surface area (Å²) in [6.45, 7) is 0.458. The van der Waals surface area contributed by atoms with Gasteiger partial charge in [-0.3, -0.25) is 19.7 Å². The van der Waals surface area contributed by atoms with Crippen LogP contribution < -0.4 is 4.90 Å². The quantitative estimate of drug-likeness (QED) is 0.497. The minimum atomic E-state index is -0.0849. The van der Waals surface area contributed by atoms with Crippen LogP contribution in [0.25, 0.3) is 17.1 Å². The van der Waals surface area contributed by atoms with Crippen molar-refractivity contribution in [1.82, 2.24) is 15.0 Å². The van der Waals surface area contributed by atoms with Gasteiger partial charge >= 0.3 is 0 Å². The number of nitrogens with zero attached hydrogens (tertiary/aromatic N) is 4. The second kappa shape index (κ2) is 7.96. The van der Waals surface area contributed by atoms with Gasteiger partial charge in [-0.2, -0.15) is 0 Å². The first-order chi connectivity index (χ1) is 14.8. The summed E-state index contributed by atoms with van der Waals surface area (Å²) in [5.74, 6) is -0.0849. The molecule has 1 amide bonds. The van der Waals surface area contributed by atoms with Crippen molar-refractivity contribution >= 4 is 45.6 Å². The third kappa shape index (κ3) is 3.62. The number of para-hydroxylation sites is 1. The number of H-pyrrole nitrogens is 1. The third-order valence-electron chi connectivity index (χ3n) is 4.68. The summed E-state index contributed by atoms with van der Waals surface area (Å²) in [6, 6.07) is 19.3. The van der Waals surface area contributed by atoms with E-state index in [1.165, 1.54) is 11.8 Å². The van der Waals surface area contributed by atoms with E-state index in [0.717, 1.165) is 27.8 Å². The lowest BCUT2D eigenvalue weighted by Crippen LogP contribution is -2.28. The molecule has 3 heterocycles. The number of hydrogen-bond donors (Lipinski definition) is 1. The average molecular weight is 411 g/mol. The number of aromatic nitrogens is 3. The predicted octanol–water partition coefficient (Wildman–Crippen LogP) is 4.64. The molecule has 146 valence electrons. The van der Waals surface area contributed by atoms with Crippen LogP contribution >= 0.6 is 11.8 Å². The number of aromatic amines is 1. The summed E-state index contributed by atoms with van der Waals surface area (Å²) in [6.07, 6.45) is 7.08. The van der Waals surface area contributed by atoms with Gasteiger partial charge < -0.3 is 4.98 Å². The Morgan fingerprint density at radius 1 is 1.10 bits per heavy atom. The Morgan fingerprint density at radius 3 is 2.83 bits per heavy atom. The zero-order valence-corrected chi connectivity index (χ0v) is 16.7. The molecule has 1 N–H and O–H groups in total. The Morgan fingerprint density at radius 2 is 2.00 bits per heavy atom. The van der Waals surface area contributed by atoms with Crippen molar-refractivity contribution in [3.63, 3.8) is 0 Å². The number of benzene rings is 2. The second-order valence-corrected chi connectivity index (χ2v) is 7.74. The van der Waals surface area contributed by atoms with Gasteiger partial charge in [-0.25, -0.2) is 4.98 Å². The van der Waals surface area contributed by atoms with Crippen LogP contribution in [0.3, 0.4) is 0 Å². The van der Waals surface area contributed by atoms with Gasteiger partial charge in [-0.05, 0) is 59.3 Å². The van der Waals surface area contributed by atoms with Gasteiger partial charge in [0.2, 0.25) is 0 Å². The van der Waals surface area contributed by atoms with E-state index in [9.17, 15) is 4.79 Å². The van der Waals surface area contributed by atoms with Crippen LogP contribution in [-0.2, 0) is 11.3 Å². The van der Waals surface area contributed by atoms with Gasteiger partial charge in [0.05, 0.1) is 34.5 Å². The third-order valence-corrected chi connectivity index (χ3v) is 5.69. The van der Waals surface area contributed by atoms with Gasteiger partial charge in [-0.1, -0.05) is 30.3 Å². The van der Waals surface area contributed by atoms with E-state index in [2.05, 4.69) is 15.0 Å². The topological polar surface area (TPSA) is 74.2 Å². The molecule has 4 aromatic rings. The fraction of sp³-hybridized carbons (Fsp3) is 0.0435. The highest BCUT2D eigenvalue weighted by atomic mass is 32.2. The molecule has 1 aliphatic heterocycles. The van der Waals surface area contributed by atoms with Crippen LogP contribution in [0.4, 0.5) is 5.69 Å². The van der Waals surface area contributed by atoms with E-state index in [-0.39, 0.29) is 5.91 Å². The number of amides is 1. The van der Waals surface area contributed by atoms with Crippen LogP contribution in [0.2, 0.25) is 0 Å². The number of carbonyl (C=O) groups is 1. The fourth-order valence-electron chi connectivity index (χ4n) is 3.22. The van der Waals surface area contributed by atoms with Crippen molar-refractivity contribution in [3.05, 3.63) is 95.4 Å². The van der Waals surface area contributed by atoms with Crippen molar-refractivity contribution in [2.24, 2.45) is 4.99 Å². The molecule has 1 fully saturated rings. The molecule has 0 saturated carbocycles. The minimum Gasteiger partial charge on any atom is -0.345 e. The maximum atomic E-state index is 13.3. The SMILES string of the molecule is O=C1C(=Cc2ccc3[nH]cnc3c2)SC(=NCc2cccnc2)N1c1ccccc1. The lowest BCUT2D eigenvalue weighted by molar-refractivity contribution is -0.113. The Balaban J connectivity index is 1.51. The van der Waals surface area contributed by atoms with E-state index in [1.807, 2.05) is 66.7 Å². The van der Waals surface area contributed by atoms with Crippen molar-refractivity contribution in [3.8, 4) is 0 Å². The summed E-state index contributed by atoms with van der Waals surface area (Å²) >= 11 is 1.38. The number of amidine groups is 1. The van der Waals surface area contributed by atoms with E-state index in [0.29, 0.717) is 16.6 Å². The number of rotatable bonds is 4. The van der Waals surface area contributed by atoms with Crippen LogP contribution in [0, 0.1) is 0 Å². The minimum absolute atomic E-state index is 0.0849. The first kappa shape index (κ1) is 18.3. The Hall–Kier alpha value is -3.71. The van der Waals surface area contributed by atoms with E-state index in [1.54, 1.807) is 23.6 Å². The van der Waals surface area contributed by atoms with Gasteiger partial charge in [0, 0.05) is 12.4 Å². The Labute approximate surface area is 177 Å². The average Bonchev–Trinajstić information content (AvgIpc) is 3.38. The van der Waals surface area contributed by atoms with Gasteiger partial charge in [0.25, 0.3) is 5.91 Å². The number of anilines is 1. The molecule has 1 saturated heterocycles. The predicted molar refractivity (Wildman–Crippen MR) is 121 cm³/mol. The number of fused-ring (bicyclic) bond motifs is 1. The lowest BCUT2D eigenvalue weighted by Gasteiger charge is -2.15. The summed E-state index contributed by atoms with van der Waals surface area (Å²) in [7, 11) is 0. The number of thioether (sulfide) groups is 1. The molecule has 2 aromatic heterocycles. The highest BCUT2D eigenvalue weighted by molar-refractivity contribution is 8.19.